The molecular formula is C13H16ClNO3. The fourth-order valence-electron chi connectivity index (χ4n) is 2.24. The number of rotatable bonds is 3. The van der Waals surface area contributed by atoms with Crippen LogP contribution in [0.1, 0.15) is 12.5 Å². The van der Waals surface area contributed by atoms with E-state index in [9.17, 15) is 9.90 Å². The zero-order chi connectivity index (χ0) is 13.2. The van der Waals surface area contributed by atoms with Crippen molar-refractivity contribution in [3.05, 3.63) is 34.9 Å². The molecule has 1 aliphatic heterocycles. The van der Waals surface area contributed by atoms with Gasteiger partial charge in [0.25, 0.3) is 0 Å². The summed E-state index contributed by atoms with van der Waals surface area (Å²) in [5, 5.41) is 10.2. The first-order valence-electron chi connectivity index (χ1n) is 5.87. The van der Waals surface area contributed by atoms with Gasteiger partial charge < -0.3 is 9.84 Å². The van der Waals surface area contributed by atoms with Gasteiger partial charge in [-0.3, -0.25) is 4.90 Å². The van der Waals surface area contributed by atoms with Gasteiger partial charge in [-0.1, -0.05) is 23.7 Å². The van der Waals surface area contributed by atoms with Gasteiger partial charge in [-0.2, -0.15) is 0 Å². The van der Waals surface area contributed by atoms with E-state index < -0.39 is 11.5 Å². The summed E-state index contributed by atoms with van der Waals surface area (Å²) in [7, 11) is 0. The van der Waals surface area contributed by atoms with Gasteiger partial charge in [-0.15, -0.1) is 0 Å². The van der Waals surface area contributed by atoms with Crippen LogP contribution in [0.5, 0.6) is 0 Å². The highest BCUT2D eigenvalue weighted by atomic mass is 35.5. The molecule has 1 heterocycles. The Bertz CT molecular complexity index is 446. The SMILES string of the molecule is CC(C(=O)O)(c1cccc(Cl)c1)N1CCOCC1. The molecule has 0 spiro atoms. The topological polar surface area (TPSA) is 49.8 Å². The van der Waals surface area contributed by atoms with Crippen LogP contribution in [-0.4, -0.2) is 42.3 Å². The maximum Gasteiger partial charge on any atom is 0.328 e. The van der Waals surface area contributed by atoms with Crippen LogP contribution in [0.3, 0.4) is 0 Å². The van der Waals surface area contributed by atoms with E-state index in [0.29, 0.717) is 36.9 Å². The second-order valence-corrected chi connectivity index (χ2v) is 4.92. The summed E-state index contributed by atoms with van der Waals surface area (Å²) in [5.41, 5.74) is -0.362. The average molecular weight is 270 g/mol. The predicted octanol–water partition coefficient (Wildman–Crippen LogP) is 1.97. The van der Waals surface area contributed by atoms with Crippen molar-refractivity contribution in [2.24, 2.45) is 0 Å². The Kier molecular flexibility index (Phi) is 3.90. The van der Waals surface area contributed by atoms with Crippen LogP contribution >= 0.6 is 11.6 Å². The summed E-state index contributed by atoms with van der Waals surface area (Å²) in [6.45, 7) is 4.05. The molecule has 0 saturated carbocycles. The number of morpholine rings is 1. The van der Waals surface area contributed by atoms with Gasteiger partial charge in [0.2, 0.25) is 0 Å². The smallest absolute Gasteiger partial charge is 0.328 e. The fourth-order valence-corrected chi connectivity index (χ4v) is 2.43. The lowest BCUT2D eigenvalue weighted by atomic mass is 9.89. The van der Waals surface area contributed by atoms with Crippen molar-refractivity contribution in [1.82, 2.24) is 4.90 Å². The minimum atomic E-state index is -1.06. The Morgan fingerprint density at radius 1 is 1.44 bits per heavy atom. The van der Waals surface area contributed by atoms with E-state index in [4.69, 9.17) is 16.3 Å². The van der Waals surface area contributed by atoms with E-state index in [0.717, 1.165) is 0 Å². The second kappa shape index (κ2) is 5.26. The van der Waals surface area contributed by atoms with Crippen molar-refractivity contribution >= 4 is 17.6 Å². The fraction of sp³-hybridized carbons (Fsp3) is 0.462. The van der Waals surface area contributed by atoms with Gasteiger partial charge >= 0.3 is 5.97 Å². The minimum Gasteiger partial charge on any atom is -0.480 e. The third-order valence-corrected chi connectivity index (χ3v) is 3.68. The lowest BCUT2D eigenvalue weighted by Gasteiger charge is -2.40. The molecule has 1 atom stereocenters. The number of nitrogens with zero attached hydrogens (tertiary/aromatic N) is 1. The minimum absolute atomic E-state index is 0.549. The average Bonchev–Trinajstić information content (AvgIpc) is 2.38. The molecule has 0 amide bonds. The molecule has 1 aliphatic rings. The van der Waals surface area contributed by atoms with Crippen molar-refractivity contribution < 1.29 is 14.6 Å². The molecule has 4 nitrogen and oxygen atoms in total. The zero-order valence-corrected chi connectivity index (χ0v) is 11.0. The van der Waals surface area contributed by atoms with E-state index in [1.807, 2.05) is 4.90 Å². The normalized spacial score (nSPS) is 20.3. The van der Waals surface area contributed by atoms with E-state index >= 15 is 0 Å². The van der Waals surface area contributed by atoms with Crippen molar-refractivity contribution in [2.75, 3.05) is 26.3 Å². The van der Waals surface area contributed by atoms with Crippen molar-refractivity contribution in [3.8, 4) is 0 Å². The molecular weight excluding hydrogens is 254 g/mol. The van der Waals surface area contributed by atoms with Gasteiger partial charge in [0, 0.05) is 18.1 Å². The first-order valence-corrected chi connectivity index (χ1v) is 6.25. The van der Waals surface area contributed by atoms with E-state index in [2.05, 4.69) is 0 Å². The maximum atomic E-state index is 11.7. The Hall–Kier alpha value is -1.10. The van der Waals surface area contributed by atoms with Gasteiger partial charge in [0.15, 0.2) is 0 Å². The number of carbonyl (C=O) groups is 1. The molecule has 2 rings (SSSR count). The summed E-state index contributed by atoms with van der Waals surface area (Å²) in [6, 6.07) is 7.03. The summed E-state index contributed by atoms with van der Waals surface area (Å²) < 4.78 is 5.27. The third-order valence-electron chi connectivity index (χ3n) is 3.45. The van der Waals surface area contributed by atoms with E-state index in [1.165, 1.54) is 0 Å². The number of benzene rings is 1. The van der Waals surface area contributed by atoms with Gasteiger partial charge in [0.05, 0.1) is 13.2 Å². The molecule has 1 aromatic carbocycles. The number of aliphatic carboxylic acids is 1. The number of halogens is 1. The molecule has 0 bridgehead atoms. The highest BCUT2D eigenvalue weighted by Crippen LogP contribution is 2.31. The zero-order valence-electron chi connectivity index (χ0n) is 10.2. The second-order valence-electron chi connectivity index (χ2n) is 4.49. The van der Waals surface area contributed by atoms with Gasteiger partial charge in [0.1, 0.15) is 5.54 Å². The van der Waals surface area contributed by atoms with Crippen LogP contribution in [0.2, 0.25) is 5.02 Å². The molecule has 5 heteroatoms. The Morgan fingerprint density at radius 2 is 2.11 bits per heavy atom. The molecule has 1 aromatic rings. The van der Waals surface area contributed by atoms with Crippen molar-refractivity contribution in [3.63, 3.8) is 0 Å². The number of carboxylic acids is 1. The van der Waals surface area contributed by atoms with E-state index in [1.54, 1.807) is 31.2 Å². The van der Waals surface area contributed by atoms with Crippen LogP contribution in [0, 0.1) is 0 Å². The molecule has 98 valence electrons. The summed E-state index contributed by atoms with van der Waals surface area (Å²) in [4.78, 5) is 13.6. The number of ether oxygens (including phenoxy) is 1. The van der Waals surface area contributed by atoms with Crippen LogP contribution in [-0.2, 0) is 15.1 Å². The third kappa shape index (κ3) is 2.36. The maximum absolute atomic E-state index is 11.7. The van der Waals surface area contributed by atoms with Gasteiger partial charge in [-0.05, 0) is 24.6 Å². The molecule has 1 unspecified atom stereocenters. The molecule has 1 fully saturated rings. The molecule has 1 saturated heterocycles. The Morgan fingerprint density at radius 3 is 2.67 bits per heavy atom. The van der Waals surface area contributed by atoms with Gasteiger partial charge in [-0.25, -0.2) is 4.79 Å². The molecule has 1 N–H and O–H groups in total. The molecule has 18 heavy (non-hydrogen) atoms. The van der Waals surface area contributed by atoms with Crippen molar-refractivity contribution in [2.45, 2.75) is 12.5 Å². The van der Waals surface area contributed by atoms with E-state index in [-0.39, 0.29) is 0 Å². The molecule has 0 aliphatic carbocycles. The van der Waals surface area contributed by atoms with Crippen molar-refractivity contribution in [1.29, 1.82) is 0 Å². The quantitative estimate of drug-likeness (QED) is 0.912. The lowest BCUT2D eigenvalue weighted by molar-refractivity contribution is -0.154. The Balaban J connectivity index is 2.39. The van der Waals surface area contributed by atoms with Crippen LogP contribution in [0.4, 0.5) is 0 Å². The number of carboxylic acid groups (broad SMARTS) is 1. The number of hydrogen-bond acceptors (Lipinski definition) is 3. The van der Waals surface area contributed by atoms with Crippen LogP contribution in [0.25, 0.3) is 0 Å². The summed E-state index contributed by atoms with van der Waals surface area (Å²) in [5.74, 6) is -0.869. The summed E-state index contributed by atoms with van der Waals surface area (Å²) in [6.07, 6.45) is 0. The first kappa shape index (κ1) is 13.3. The molecule has 0 radical (unpaired) electrons. The highest BCUT2D eigenvalue weighted by Gasteiger charge is 2.41. The molecule has 0 aromatic heterocycles. The number of hydrogen-bond donors (Lipinski definition) is 1. The van der Waals surface area contributed by atoms with Crippen LogP contribution in [0.15, 0.2) is 24.3 Å². The predicted molar refractivity (Wildman–Crippen MR) is 68.8 cm³/mol. The first-order chi connectivity index (χ1) is 8.55. The largest absolute Gasteiger partial charge is 0.480 e. The summed E-state index contributed by atoms with van der Waals surface area (Å²) >= 11 is 5.96. The van der Waals surface area contributed by atoms with Crippen LogP contribution < -0.4 is 0 Å². The Labute approximate surface area is 111 Å². The monoisotopic (exact) mass is 269 g/mol. The highest BCUT2D eigenvalue weighted by molar-refractivity contribution is 6.30. The lowest BCUT2D eigenvalue weighted by Crippen LogP contribution is -2.54. The standard InChI is InChI=1S/C13H16ClNO3/c1-13(12(16)17,15-5-7-18-8-6-15)10-3-2-4-11(14)9-10/h2-4,9H,5-8H2,1H3,(H,16,17).